The van der Waals surface area contributed by atoms with Gasteiger partial charge in [-0.2, -0.15) is 0 Å². The number of hydrogen-bond donors (Lipinski definition) is 3. The number of rotatable bonds is 6. The Labute approximate surface area is 167 Å². The van der Waals surface area contributed by atoms with Crippen molar-refractivity contribution in [3.8, 4) is 0 Å². The first-order chi connectivity index (χ1) is 13.3. The highest BCUT2D eigenvalue weighted by molar-refractivity contribution is 6.31. The zero-order valence-electron chi connectivity index (χ0n) is 15.4. The van der Waals surface area contributed by atoms with Crippen molar-refractivity contribution in [3.63, 3.8) is 0 Å². The van der Waals surface area contributed by atoms with Gasteiger partial charge in [-0.3, -0.25) is 19.8 Å². The molecule has 3 N–H and O–H groups in total. The molecule has 2 fully saturated rings. The number of carbonyl (C=O) groups is 3. The van der Waals surface area contributed by atoms with Gasteiger partial charge in [0.05, 0.1) is 17.6 Å². The summed E-state index contributed by atoms with van der Waals surface area (Å²) in [7, 11) is 0. The Bertz CT molecular complexity index is 838. The number of anilines is 1. The smallest absolute Gasteiger partial charge is 0.412 e. The summed E-state index contributed by atoms with van der Waals surface area (Å²) in [6.45, 7) is 0. The van der Waals surface area contributed by atoms with Gasteiger partial charge < -0.3 is 10.2 Å². The molecule has 2 aliphatic carbocycles. The number of aliphatic carboxylic acids is 1. The van der Waals surface area contributed by atoms with Crippen LogP contribution in [0.2, 0.25) is 5.02 Å². The van der Waals surface area contributed by atoms with Crippen LogP contribution < -0.4 is 10.2 Å². The molecule has 1 amide bonds. The number of Topliss-reactive ketones (excluding diaryl/α,β-unsaturated/α-hetero) is 1. The lowest BCUT2D eigenvalue weighted by molar-refractivity contribution is -0.139. The minimum absolute atomic E-state index is 0.0118. The SMILES string of the molecule is O=C(O)CCC(=O)C1(NC2c3ccc(Cl)cc3N(C(=O)O)C3CCCC23)CC1. The van der Waals surface area contributed by atoms with Gasteiger partial charge in [0, 0.05) is 23.5 Å². The molecule has 2 saturated carbocycles. The summed E-state index contributed by atoms with van der Waals surface area (Å²) in [5, 5.41) is 22.7. The largest absolute Gasteiger partial charge is 0.481 e. The predicted molar refractivity (Wildman–Crippen MR) is 103 cm³/mol. The van der Waals surface area contributed by atoms with Crippen LogP contribution in [0.25, 0.3) is 0 Å². The Morgan fingerprint density at radius 2 is 1.93 bits per heavy atom. The molecule has 7 nitrogen and oxygen atoms in total. The number of carbonyl (C=O) groups excluding carboxylic acids is 1. The summed E-state index contributed by atoms with van der Waals surface area (Å²) in [6, 6.07) is 4.98. The van der Waals surface area contributed by atoms with Gasteiger partial charge in [0.25, 0.3) is 0 Å². The van der Waals surface area contributed by atoms with Gasteiger partial charge in [-0.1, -0.05) is 24.1 Å². The number of carboxylic acid groups (broad SMARTS) is 2. The first-order valence-electron chi connectivity index (χ1n) is 9.67. The highest BCUT2D eigenvalue weighted by Crippen LogP contribution is 2.51. The van der Waals surface area contributed by atoms with Crippen LogP contribution in [-0.2, 0) is 9.59 Å². The van der Waals surface area contributed by atoms with Crippen molar-refractivity contribution in [2.75, 3.05) is 4.90 Å². The van der Waals surface area contributed by atoms with E-state index in [0.29, 0.717) is 23.6 Å². The zero-order chi connectivity index (χ0) is 20.1. The molecule has 1 aromatic rings. The molecule has 0 bridgehead atoms. The maximum atomic E-state index is 12.7. The van der Waals surface area contributed by atoms with Crippen molar-refractivity contribution in [3.05, 3.63) is 28.8 Å². The maximum absolute atomic E-state index is 12.7. The molecule has 4 rings (SSSR count). The zero-order valence-corrected chi connectivity index (χ0v) is 16.1. The molecule has 0 radical (unpaired) electrons. The van der Waals surface area contributed by atoms with Crippen LogP contribution in [0.1, 0.15) is 56.6 Å². The fourth-order valence-corrected chi connectivity index (χ4v) is 5.06. The molecule has 28 heavy (non-hydrogen) atoms. The monoisotopic (exact) mass is 406 g/mol. The predicted octanol–water partition coefficient (Wildman–Crippen LogP) is 3.60. The van der Waals surface area contributed by atoms with Gasteiger partial charge in [-0.25, -0.2) is 4.79 Å². The second-order valence-corrected chi connectivity index (χ2v) is 8.48. The fraction of sp³-hybridized carbons (Fsp3) is 0.550. The molecular weight excluding hydrogens is 384 g/mol. The normalized spacial score (nSPS) is 27.0. The number of nitrogens with zero attached hydrogens (tertiary/aromatic N) is 1. The van der Waals surface area contributed by atoms with Gasteiger partial charge in [0.15, 0.2) is 5.78 Å². The highest BCUT2D eigenvalue weighted by Gasteiger charge is 2.54. The molecule has 3 atom stereocenters. The van der Waals surface area contributed by atoms with E-state index in [1.54, 1.807) is 12.1 Å². The number of benzene rings is 1. The van der Waals surface area contributed by atoms with Crippen LogP contribution in [0.4, 0.5) is 10.5 Å². The van der Waals surface area contributed by atoms with E-state index in [0.717, 1.165) is 24.8 Å². The van der Waals surface area contributed by atoms with Crippen LogP contribution in [-0.4, -0.2) is 39.6 Å². The molecule has 3 aliphatic rings. The highest BCUT2D eigenvalue weighted by atomic mass is 35.5. The van der Waals surface area contributed by atoms with Gasteiger partial charge in [-0.05, 0) is 49.3 Å². The third-order valence-corrected chi connectivity index (χ3v) is 6.60. The van der Waals surface area contributed by atoms with Crippen LogP contribution in [0.15, 0.2) is 18.2 Å². The molecule has 1 aromatic carbocycles. The average molecular weight is 407 g/mol. The van der Waals surface area contributed by atoms with Crippen molar-refractivity contribution in [1.82, 2.24) is 5.32 Å². The molecule has 8 heteroatoms. The quantitative estimate of drug-likeness (QED) is 0.666. The van der Waals surface area contributed by atoms with Crippen LogP contribution in [0.5, 0.6) is 0 Å². The van der Waals surface area contributed by atoms with E-state index in [4.69, 9.17) is 16.7 Å². The number of halogens is 1. The first kappa shape index (κ1) is 19.2. The molecule has 0 aromatic heterocycles. The Balaban J connectivity index is 1.67. The van der Waals surface area contributed by atoms with Gasteiger partial charge in [0.2, 0.25) is 0 Å². The molecule has 3 unspecified atom stereocenters. The topological polar surface area (TPSA) is 107 Å². The fourth-order valence-electron chi connectivity index (χ4n) is 4.89. The van der Waals surface area contributed by atoms with Crippen LogP contribution in [0, 0.1) is 5.92 Å². The van der Waals surface area contributed by atoms with Gasteiger partial charge in [0.1, 0.15) is 0 Å². The van der Waals surface area contributed by atoms with Crippen molar-refractivity contribution in [2.24, 2.45) is 5.92 Å². The van der Waals surface area contributed by atoms with Crippen LogP contribution >= 0.6 is 11.6 Å². The minimum atomic E-state index is -0.988. The van der Waals surface area contributed by atoms with Crippen molar-refractivity contribution < 1.29 is 24.6 Å². The van der Waals surface area contributed by atoms with E-state index < -0.39 is 17.6 Å². The molecule has 1 aliphatic heterocycles. The van der Waals surface area contributed by atoms with E-state index in [9.17, 15) is 19.5 Å². The lowest BCUT2D eigenvalue weighted by Gasteiger charge is -2.44. The summed E-state index contributed by atoms with van der Waals surface area (Å²) in [6.07, 6.45) is 2.82. The Morgan fingerprint density at radius 3 is 2.57 bits per heavy atom. The summed E-state index contributed by atoms with van der Waals surface area (Å²) in [5.74, 6) is -0.968. The first-order valence-corrected chi connectivity index (χ1v) is 10.0. The lowest BCUT2D eigenvalue weighted by Crippen LogP contribution is -2.53. The molecule has 150 valence electrons. The number of hydrogen-bond acceptors (Lipinski definition) is 4. The third kappa shape index (κ3) is 3.26. The van der Waals surface area contributed by atoms with Crippen molar-refractivity contribution >= 4 is 35.1 Å². The number of carboxylic acids is 1. The summed E-state index contributed by atoms with van der Waals surface area (Å²) in [5.41, 5.74) is 0.733. The second kappa shape index (κ2) is 7.04. The molecule has 0 spiro atoms. The van der Waals surface area contributed by atoms with Crippen LogP contribution in [0.3, 0.4) is 0 Å². The van der Waals surface area contributed by atoms with Crippen molar-refractivity contribution in [2.45, 2.75) is 62.6 Å². The van der Waals surface area contributed by atoms with E-state index >= 15 is 0 Å². The van der Waals surface area contributed by atoms with Crippen molar-refractivity contribution in [1.29, 1.82) is 0 Å². The number of nitrogens with one attached hydrogen (secondary N) is 1. The molecule has 1 heterocycles. The van der Waals surface area contributed by atoms with E-state index in [1.165, 1.54) is 4.90 Å². The standard InChI is InChI=1S/C20H23ClN2O5/c21-11-4-5-13-15(10-11)23(19(27)28)14-3-1-2-12(14)18(13)22-20(8-9-20)16(24)6-7-17(25)26/h4-5,10,12,14,18,22H,1-3,6-9H2,(H,25,26)(H,27,28). The Morgan fingerprint density at radius 1 is 1.18 bits per heavy atom. The van der Waals surface area contributed by atoms with Gasteiger partial charge in [-0.15, -0.1) is 0 Å². The summed E-state index contributed by atoms with van der Waals surface area (Å²) < 4.78 is 0. The number of ketones is 1. The Hall–Kier alpha value is -2.12. The number of amides is 1. The van der Waals surface area contributed by atoms with E-state index in [2.05, 4.69) is 5.32 Å². The molecular formula is C20H23ClN2O5. The maximum Gasteiger partial charge on any atom is 0.412 e. The van der Waals surface area contributed by atoms with Gasteiger partial charge >= 0.3 is 12.1 Å². The Kier molecular flexibility index (Phi) is 4.83. The third-order valence-electron chi connectivity index (χ3n) is 6.37. The van der Waals surface area contributed by atoms with E-state index in [1.807, 2.05) is 6.07 Å². The summed E-state index contributed by atoms with van der Waals surface area (Å²) in [4.78, 5) is 36.9. The lowest BCUT2D eigenvalue weighted by atomic mass is 9.82. The average Bonchev–Trinajstić information content (AvgIpc) is 3.26. The van der Waals surface area contributed by atoms with E-state index in [-0.39, 0.29) is 36.6 Å². The minimum Gasteiger partial charge on any atom is -0.481 e. The second-order valence-electron chi connectivity index (χ2n) is 8.04. The molecule has 0 saturated heterocycles. The number of fused-ring (bicyclic) bond motifs is 2. The summed E-state index contributed by atoms with van der Waals surface area (Å²) >= 11 is 6.15.